The molecule has 7 heteroatoms. The predicted molar refractivity (Wildman–Crippen MR) is 106 cm³/mol. The number of rotatable bonds is 3. The highest BCUT2D eigenvalue weighted by Gasteiger charge is 2.30. The van der Waals surface area contributed by atoms with Gasteiger partial charge in [-0.25, -0.2) is 4.98 Å². The smallest absolute Gasteiger partial charge is 0.268 e. The Balaban J connectivity index is 1.86. The van der Waals surface area contributed by atoms with Crippen LogP contribution in [-0.4, -0.2) is 14.6 Å². The summed E-state index contributed by atoms with van der Waals surface area (Å²) in [5, 5.41) is 2.28. The highest BCUT2D eigenvalue weighted by atomic mass is 32.2. The van der Waals surface area contributed by atoms with Gasteiger partial charge in [0.05, 0.1) is 16.8 Å². The minimum atomic E-state index is -4.43. The third-order valence-electron chi connectivity index (χ3n) is 4.45. The normalized spacial score (nSPS) is 17.0. The van der Waals surface area contributed by atoms with Crippen molar-refractivity contribution in [2.24, 2.45) is 0 Å². The Bertz CT molecular complexity index is 1120. The summed E-state index contributed by atoms with van der Waals surface area (Å²) in [6.07, 6.45) is 3.89. The van der Waals surface area contributed by atoms with E-state index in [9.17, 15) is 18.0 Å². The van der Waals surface area contributed by atoms with Crippen LogP contribution < -0.4 is 5.56 Å². The standard InChI is InChI=1S/C21H15F3N2OS/c22-21(23,24)15-8-6-14(7-9-15)19-17(11-10-16-4-3-13-28-16)25-18-5-1-2-12-26(18)20(19)27/h1-3,5-13,16H,4H2/b11-10+. The van der Waals surface area contributed by atoms with E-state index in [0.29, 0.717) is 16.9 Å². The molecular formula is C21H15F3N2OS. The van der Waals surface area contributed by atoms with Gasteiger partial charge in [0, 0.05) is 11.4 Å². The Morgan fingerprint density at radius 3 is 2.61 bits per heavy atom. The molecule has 1 aliphatic heterocycles. The molecule has 0 saturated carbocycles. The number of hydrogen-bond acceptors (Lipinski definition) is 3. The van der Waals surface area contributed by atoms with Crippen LogP contribution in [0.4, 0.5) is 13.2 Å². The monoisotopic (exact) mass is 400 g/mol. The van der Waals surface area contributed by atoms with Gasteiger partial charge in [0.1, 0.15) is 5.65 Å². The molecule has 1 aliphatic rings. The number of nitrogens with zero attached hydrogens (tertiary/aromatic N) is 2. The van der Waals surface area contributed by atoms with Crippen molar-refractivity contribution in [1.29, 1.82) is 0 Å². The molecule has 0 N–H and O–H groups in total. The second-order valence-electron chi connectivity index (χ2n) is 6.32. The molecule has 2 aromatic heterocycles. The molecule has 1 atom stereocenters. The Kier molecular flexibility index (Phi) is 4.85. The molecule has 0 spiro atoms. The van der Waals surface area contributed by atoms with Crippen molar-refractivity contribution < 1.29 is 13.2 Å². The molecular weight excluding hydrogens is 385 g/mol. The van der Waals surface area contributed by atoms with Crippen molar-refractivity contribution in [3.05, 3.63) is 87.8 Å². The SMILES string of the molecule is O=c1c(-c2ccc(C(F)(F)F)cc2)c(/C=C/C2CC=CS2)nc2ccccn12. The molecule has 4 rings (SSSR count). The van der Waals surface area contributed by atoms with Gasteiger partial charge >= 0.3 is 6.18 Å². The van der Waals surface area contributed by atoms with Crippen molar-refractivity contribution in [3.63, 3.8) is 0 Å². The van der Waals surface area contributed by atoms with Crippen LogP contribution in [0.1, 0.15) is 17.7 Å². The van der Waals surface area contributed by atoms with Crippen molar-refractivity contribution in [2.75, 3.05) is 0 Å². The average Bonchev–Trinajstić information content (AvgIpc) is 3.20. The van der Waals surface area contributed by atoms with Crippen LogP contribution in [0.3, 0.4) is 0 Å². The van der Waals surface area contributed by atoms with Gasteiger partial charge in [-0.2, -0.15) is 13.2 Å². The van der Waals surface area contributed by atoms with Gasteiger partial charge in [-0.1, -0.05) is 30.4 Å². The van der Waals surface area contributed by atoms with Crippen LogP contribution in [0.25, 0.3) is 22.9 Å². The first kappa shape index (κ1) is 18.6. The van der Waals surface area contributed by atoms with E-state index in [0.717, 1.165) is 18.6 Å². The van der Waals surface area contributed by atoms with Gasteiger partial charge in [-0.15, -0.1) is 11.8 Å². The first-order chi connectivity index (χ1) is 13.4. The molecule has 142 valence electrons. The quantitative estimate of drug-likeness (QED) is 0.589. The summed E-state index contributed by atoms with van der Waals surface area (Å²) in [7, 11) is 0. The minimum absolute atomic E-state index is 0.261. The Hall–Kier alpha value is -2.80. The van der Waals surface area contributed by atoms with Gasteiger partial charge < -0.3 is 0 Å². The van der Waals surface area contributed by atoms with E-state index in [4.69, 9.17) is 0 Å². The van der Waals surface area contributed by atoms with Crippen LogP contribution in [-0.2, 0) is 6.18 Å². The minimum Gasteiger partial charge on any atom is -0.268 e. The Morgan fingerprint density at radius 1 is 1.14 bits per heavy atom. The zero-order chi connectivity index (χ0) is 19.7. The van der Waals surface area contributed by atoms with E-state index in [1.165, 1.54) is 16.5 Å². The Morgan fingerprint density at radius 2 is 1.93 bits per heavy atom. The summed E-state index contributed by atoms with van der Waals surface area (Å²) in [6.45, 7) is 0. The molecule has 3 nitrogen and oxygen atoms in total. The fraction of sp³-hybridized carbons (Fsp3) is 0.143. The molecule has 28 heavy (non-hydrogen) atoms. The lowest BCUT2D eigenvalue weighted by atomic mass is 10.0. The third-order valence-corrected chi connectivity index (χ3v) is 5.50. The average molecular weight is 400 g/mol. The number of halogens is 3. The van der Waals surface area contributed by atoms with Crippen LogP contribution in [0.5, 0.6) is 0 Å². The maximum atomic E-state index is 13.1. The van der Waals surface area contributed by atoms with Crippen LogP contribution >= 0.6 is 11.8 Å². The number of alkyl halides is 3. The van der Waals surface area contributed by atoms with Gasteiger partial charge in [0.15, 0.2) is 0 Å². The molecule has 0 saturated heterocycles. The van der Waals surface area contributed by atoms with E-state index in [1.54, 1.807) is 42.2 Å². The second-order valence-corrected chi connectivity index (χ2v) is 7.47. The van der Waals surface area contributed by atoms with Crippen LogP contribution in [0.2, 0.25) is 0 Å². The maximum absolute atomic E-state index is 13.1. The summed E-state index contributed by atoms with van der Waals surface area (Å²) in [5.74, 6) is 0. The van der Waals surface area contributed by atoms with Gasteiger partial charge in [-0.3, -0.25) is 9.20 Å². The van der Waals surface area contributed by atoms with E-state index >= 15 is 0 Å². The molecule has 0 fully saturated rings. The predicted octanol–water partition coefficient (Wildman–Crippen LogP) is 5.41. The number of benzene rings is 1. The fourth-order valence-electron chi connectivity index (χ4n) is 3.05. The van der Waals surface area contributed by atoms with E-state index in [1.807, 2.05) is 11.5 Å². The number of pyridine rings is 1. The summed E-state index contributed by atoms with van der Waals surface area (Å²) < 4.78 is 40.1. The van der Waals surface area contributed by atoms with Crippen molar-refractivity contribution in [2.45, 2.75) is 17.8 Å². The maximum Gasteiger partial charge on any atom is 0.416 e. The van der Waals surface area contributed by atoms with Gasteiger partial charge in [0.2, 0.25) is 0 Å². The van der Waals surface area contributed by atoms with Crippen molar-refractivity contribution in [3.8, 4) is 11.1 Å². The summed E-state index contributed by atoms with van der Waals surface area (Å²) in [6, 6.07) is 9.82. The second kappa shape index (κ2) is 7.31. The van der Waals surface area contributed by atoms with Crippen molar-refractivity contribution >= 4 is 23.5 Å². The number of aromatic nitrogens is 2. The number of allylic oxidation sites excluding steroid dienone is 1. The first-order valence-electron chi connectivity index (χ1n) is 8.61. The fourth-order valence-corrected chi connectivity index (χ4v) is 3.86. The zero-order valence-electron chi connectivity index (χ0n) is 14.6. The molecule has 3 heterocycles. The number of fused-ring (bicyclic) bond motifs is 1. The topological polar surface area (TPSA) is 34.4 Å². The van der Waals surface area contributed by atoms with Gasteiger partial charge in [-0.05, 0) is 47.7 Å². The lowest BCUT2D eigenvalue weighted by Crippen LogP contribution is -2.18. The Labute approximate surface area is 163 Å². The molecule has 0 aliphatic carbocycles. The zero-order valence-corrected chi connectivity index (χ0v) is 15.4. The highest BCUT2D eigenvalue weighted by Crippen LogP contribution is 2.31. The molecule has 1 aromatic carbocycles. The lowest BCUT2D eigenvalue weighted by Gasteiger charge is -2.11. The van der Waals surface area contributed by atoms with E-state index < -0.39 is 11.7 Å². The van der Waals surface area contributed by atoms with E-state index in [-0.39, 0.29) is 16.4 Å². The van der Waals surface area contributed by atoms with Gasteiger partial charge in [0.25, 0.3) is 5.56 Å². The molecule has 0 bridgehead atoms. The first-order valence-corrected chi connectivity index (χ1v) is 9.55. The number of thioether (sulfide) groups is 1. The van der Waals surface area contributed by atoms with Crippen LogP contribution in [0, 0.1) is 0 Å². The lowest BCUT2D eigenvalue weighted by molar-refractivity contribution is -0.137. The molecule has 3 aromatic rings. The largest absolute Gasteiger partial charge is 0.416 e. The molecule has 0 radical (unpaired) electrons. The van der Waals surface area contributed by atoms with Crippen molar-refractivity contribution in [1.82, 2.24) is 9.38 Å². The highest BCUT2D eigenvalue weighted by molar-refractivity contribution is 8.03. The number of hydrogen-bond donors (Lipinski definition) is 0. The third kappa shape index (κ3) is 3.62. The molecule has 0 amide bonds. The van der Waals surface area contributed by atoms with E-state index in [2.05, 4.69) is 11.1 Å². The van der Waals surface area contributed by atoms with Crippen LogP contribution in [0.15, 0.2) is 71.0 Å². The molecule has 1 unspecified atom stereocenters. The summed E-state index contributed by atoms with van der Waals surface area (Å²) in [5.41, 5.74) is 0.548. The summed E-state index contributed by atoms with van der Waals surface area (Å²) in [4.78, 5) is 17.6. The summed E-state index contributed by atoms with van der Waals surface area (Å²) >= 11 is 1.67.